The van der Waals surface area contributed by atoms with Gasteiger partial charge in [0.2, 0.25) is 0 Å². The minimum Gasteiger partial charge on any atom is -0.377 e. The molecule has 5 nitrogen and oxygen atoms in total. The summed E-state index contributed by atoms with van der Waals surface area (Å²) in [7, 11) is 2.50. The van der Waals surface area contributed by atoms with E-state index >= 15 is 0 Å². The van der Waals surface area contributed by atoms with Crippen molar-refractivity contribution in [1.29, 1.82) is 0 Å². The zero-order valence-electron chi connectivity index (χ0n) is 9.39. The minimum atomic E-state index is -2.40. The van der Waals surface area contributed by atoms with Gasteiger partial charge in [0.05, 0.1) is 12.7 Å². The van der Waals surface area contributed by atoms with E-state index in [0.717, 1.165) is 19.1 Å². The summed E-state index contributed by atoms with van der Waals surface area (Å²) in [5, 5.41) is 0. The zero-order valence-corrected chi connectivity index (χ0v) is 10.4. The highest BCUT2D eigenvalue weighted by Gasteiger charge is 2.52. The molecule has 3 atom stereocenters. The van der Waals surface area contributed by atoms with Gasteiger partial charge in [0, 0.05) is 27.4 Å². The molecule has 0 aromatic heterocycles. The Morgan fingerprint density at radius 3 is 2.27 bits per heavy atom. The summed E-state index contributed by atoms with van der Waals surface area (Å²) in [4.78, 5) is 0. The van der Waals surface area contributed by atoms with Crippen molar-refractivity contribution in [3.8, 4) is 0 Å². The van der Waals surface area contributed by atoms with E-state index in [9.17, 15) is 0 Å². The Morgan fingerprint density at radius 2 is 1.80 bits per heavy atom. The highest BCUT2D eigenvalue weighted by atomic mass is 28.4. The van der Waals surface area contributed by atoms with E-state index in [1.807, 2.05) is 0 Å². The Labute approximate surface area is 91.0 Å². The second-order valence-electron chi connectivity index (χ2n) is 3.84. The van der Waals surface area contributed by atoms with Crippen LogP contribution in [-0.2, 0) is 22.8 Å². The summed E-state index contributed by atoms with van der Waals surface area (Å²) in [5.41, 5.74) is 0. The molecule has 0 bridgehead atoms. The highest BCUT2D eigenvalue weighted by molar-refractivity contribution is 6.60. The summed E-state index contributed by atoms with van der Waals surface area (Å²) in [5.74, 6) is 0. The Bertz CT molecular complexity index is 208. The van der Waals surface area contributed by atoms with Crippen LogP contribution in [0.15, 0.2) is 0 Å². The minimum absolute atomic E-state index is 0.308. The average molecular weight is 234 g/mol. The van der Waals surface area contributed by atoms with Crippen molar-refractivity contribution in [2.45, 2.75) is 30.8 Å². The van der Waals surface area contributed by atoms with Gasteiger partial charge in [0.1, 0.15) is 12.2 Å². The van der Waals surface area contributed by atoms with Crippen molar-refractivity contribution in [2.75, 3.05) is 27.9 Å². The van der Waals surface area contributed by atoms with E-state index in [-0.39, 0.29) is 0 Å². The SMILES string of the molecule is CO[Si](CCC1OC1C1CO1)(OC)OC. The third-order valence-corrected chi connectivity index (χ3v) is 5.78. The Morgan fingerprint density at radius 1 is 1.20 bits per heavy atom. The van der Waals surface area contributed by atoms with Gasteiger partial charge in [0.15, 0.2) is 0 Å². The topological polar surface area (TPSA) is 52.8 Å². The molecule has 3 unspecified atom stereocenters. The third-order valence-electron chi connectivity index (χ3n) is 3.02. The predicted octanol–water partition coefficient (Wildman–Crippen LogP) is 0.421. The number of rotatable bonds is 7. The van der Waals surface area contributed by atoms with E-state index in [1.54, 1.807) is 21.3 Å². The first-order chi connectivity index (χ1) is 7.24. The average Bonchev–Trinajstić information content (AvgIpc) is 3.14. The van der Waals surface area contributed by atoms with Crippen molar-refractivity contribution < 1.29 is 22.8 Å². The fourth-order valence-electron chi connectivity index (χ4n) is 1.84. The fourth-order valence-corrected chi connectivity index (χ4v) is 3.59. The standard InChI is InChI=1S/C9H18O5Si/c1-10-15(11-2,12-3)5-4-7-9(14-7)8-6-13-8/h7-9H,4-6H2,1-3H3. The molecule has 0 aromatic rings. The molecular weight excluding hydrogens is 216 g/mol. The molecule has 0 N–H and O–H groups in total. The van der Waals surface area contributed by atoms with Crippen LogP contribution in [0.4, 0.5) is 0 Å². The second kappa shape index (κ2) is 4.48. The highest BCUT2D eigenvalue weighted by Crippen LogP contribution is 2.37. The van der Waals surface area contributed by atoms with Crippen LogP contribution < -0.4 is 0 Å². The number of epoxide rings is 2. The molecule has 2 rings (SSSR count). The van der Waals surface area contributed by atoms with Gasteiger partial charge in [-0.05, 0) is 6.42 Å². The molecule has 0 saturated carbocycles. The van der Waals surface area contributed by atoms with E-state index < -0.39 is 8.80 Å². The molecule has 15 heavy (non-hydrogen) atoms. The van der Waals surface area contributed by atoms with Gasteiger partial charge in [-0.3, -0.25) is 0 Å². The van der Waals surface area contributed by atoms with Crippen LogP contribution >= 0.6 is 0 Å². The Hall–Kier alpha value is 0.0169. The lowest BCUT2D eigenvalue weighted by atomic mass is 10.2. The van der Waals surface area contributed by atoms with Gasteiger partial charge in [0.25, 0.3) is 0 Å². The lowest BCUT2D eigenvalue weighted by Crippen LogP contribution is -2.42. The lowest BCUT2D eigenvalue weighted by Gasteiger charge is -2.23. The van der Waals surface area contributed by atoms with Crippen LogP contribution in [0.5, 0.6) is 0 Å². The lowest BCUT2D eigenvalue weighted by molar-refractivity contribution is 0.122. The second-order valence-corrected chi connectivity index (χ2v) is 6.94. The van der Waals surface area contributed by atoms with Crippen molar-refractivity contribution in [2.24, 2.45) is 0 Å². The van der Waals surface area contributed by atoms with Crippen LogP contribution in [0.1, 0.15) is 6.42 Å². The van der Waals surface area contributed by atoms with E-state index in [2.05, 4.69) is 0 Å². The fraction of sp³-hybridized carbons (Fsp3) is 1.00. The summed E-state index contributed by atoms with van der Waals surface area (Å²) in [6.07, 6.45) is 1.89. The van der Waals surface area contributed by atoms with E-state index in [0.29, 0.717) is 18.3 Å². The number of hydrogen-bond donors (Lipinski definition) is 0. The van der Waals surface area contributed by atoms with E-state index in [4.69, 9.17) is 22.8 Å². The Balaban J connectivity index is 1.71. The number of hydrogen-bond acceptors (Lipinski definition) is 5. The van der Waals surface area contributed by atoms with Crippen LogP contribution in [-0.4, -0.2) is 55.1 Å². The van der Waals surface area contributed by atoms with Gasteiger partial charge in [-0.1, -0.05) is 0 Å². The van der Waals surface area contributed by atoms with Crippen LogP contribution in [0.3, 0.4) is 0 Å². The third kappa shape index (κ3) is 2.58. The van der Waals surface area contributed by atoms with Gasteiger partial charge < -0.3 is 22.8 Å². The van der Waals surface area contributed by atoms with Gasteiger partial charge in [-0.2, -0.15) is 0 Å². The molecule has 0 radical (unpaired) electrons. The maximum atomic E-state index is 5.50. The molecule has 0 spiro atoms. The molecule has 2 aliphatic rings. The summed E-state index contributed by atoms with van der Waals surface area (Å²) < 4.78 is 26.7. The summed E-state index contributed by atoms with van der Waals surface area (Å²) in [6, 6.07) is 0.796. The summed E-state index contributed by atoms with van der Waals surface area (Å²) >= 11 is 0. The van der Waals surface area contributed by atoms with Crippen LogP contribution in [0.2, 0.25) is 6.04 Å². The van der Waals surface area contributed by atoms with Crippen molar-refractivity contribution in [1.82, 2.24) is 0 Å². The zero-order chi connectivity index (χ0) is 10.9. The van der Waals surface area contributed by atoms with E-state index in [1.165, 1.54) is 0 Å². The molecular formula is C9H18O5Si. The van der Waals surface area contributed by atoms with Crippen molar-refractivity contribution in [3.63, 3.8) is 0 Å². The largest absolute Gasteiger partial charge is 0.500 e. The molecule has 2 saturated heterocycles. The predicted molar refractivity (Wildman–Crippen MR) is 54.6 cm³/mol. The van der Waals surface area contributed by atoms with Gasteiger partial charge in [-0.25, -0.2) is 0 Å². The maximum absolute atomic E-state index is 5.50. The first-order valence-corrected chi connectivity index (χ1v) is 7.10. The van der Waals surface area contributed by atoms with Gasteiger partial charge >= 0.3 is 8.80 Å². The van der Waals surface area contributed by atoms with Crippen LogP contribution in [0.25, 0.3) is 0 Å². The summed E-state index contributed by atoms with van der Waals surface area (Å²) in [6.45, 7) is 0.850. The van der Waals surface area contributed by atoms with Crippen molar-refractivity contribution in [3.05, 3.63) is 0 Å². The molecule has 0 aliphatic carbocycles. The normalized spacial score (nSPS) is 34.2. The Kier molecular flexibility index (Phi) is 3.44. The van der Waals surface area contributed by atoms with Crippen LogP contribution in [0, 0.1) is 0 Å². The first-order valence-electron chi connectivity index (χ1n) is 5.17. The van der Waals surface area contributed by atoms with Crippen molar-refractivity contribution >= 4 is 8.80 Å². The maximum Gasteiger partial charge on any atom is 0.500 e. The molecule has 2 aliphatic heterocycles. The molecule has 0 amide bonds. The molecule has 88 valence electrons. The quantitative estimate of drug-likeness (QED) is 0.472. The first kappa shape index (κ1) is 11.5. The molecule has 6 heteroatoms. The molecule has 2 heterocycles. The molecule has 2 fully saturated rings. The smallest absolute Gasteiger partial charge is 0.377 e. The number of ether oxygens (including phenoxy) is 2. The monoisotopic (exact) mass is 234 g/mol. The van der Waals surface area contributed by atoms with Gasteiger partial charge in [-0.15, -0.1) is 0 Å². The molecule has 0 aromatic carbocycles.